The van der Waals surface area contributed by atoms with E-state index in [-0.39, 0.29) is 24.3 Å². The van der Waals surface area contributed by atoms with Crippen molar-refractivity contribution in [3.8, 4) is 0 Å². The summed E-state index contributed by atoms with van der Waals surface area (Å²) in [5.41, 5.74) is 0. The minimum Gasteiger partial charge on any atom is -0.385 e. The summed E-state index contributed by atoms with van der Waals surface area (Å²) in [5.74, 6) is 0.224. The van der Waals surface area contributed by atoms with Gasteiger partial charge < -0.3 is 19.5 Å². The second-order valence-electron chi connectivity index (χ2n) is 5.17. The molecule has 1 heterocycles. The van der Waals surface area contributed by atoms with Crippen molar-refractivity contribution in [3.63, 3.8) is 0 Å². The van der Waals surface area contributed by atoms with Crippen molar-refractivity contribution in [3.05, 3.63) is 12.3 Å². The Hall–Kier alpha value is -1.89. The predicted octanol–water partition coefficient (Wildman–Crippen LogP) is 1.28. The molecule has 1 aliphatic carbocycles. The quantitative estimate of drug-likeness (QED) is 0.730. The molecule has 116 valence electrons. The number of nitrogens with one attached hydrogen (secondary N) is 1. The largest absolute Gasteiger partial charge is 0.385 e. The van der Waals surface area contributed by atoms with Crippen molar-refractivity contribution in [2.24, 2.45) is 5.92 Å². The molecule has 0 atom stereocenters. The molecule has 7 nitrogen and oxygen atoms in total. The van der Waals surface area contributed by atoms with Gasteiger partial charge in [-0.25, -0.2) is 0 Å². The Labute approximate surface area is 123 Å². The molecule has 0 saturated heterocycles. The summed E-state index contributed by atoms with van der Waals surface area (Å²) in [4.78, 5) is 25.9. The Balaban J connectivity index is 1.87. The summed E-state index contributed by atoms with van der Waals surface area (Å²) in [6.45, 7) is 1.13. The number of carbonyl (C=O) groups excluding carboxylic acids is 2. The van der Waals surface area contributed by atoms with E-state index in [1.165, 1.54) is 6.26 Å². The van der Waals surface area contributed by atoms with Crippen molar-refractivity contribution in [2.75, 3.05) is 32.1 Å². The molecule has 2 amide bonds. The summed E-state index contributed by atoms with van der Waals surface area (Å²) in [6.07, 6.45) is 5.03. The van der Waals surface area contributed by atoms with E-state index in [9.17, 15) is 9.59 Å². The Morgan fingerprint density at radius 3 is 2.90 bits per heavy atom. The molecule has 21 heavy (non-hydrogen) atoms. The van der Waals surface area contributed by atoms with Gasteiger partial charge in [-0.05, 0) is 19.3 Å². The lowest BCUT2D eigenvalue weighted by Crippen LogP contribution is -2.43. The number of aromatic nitrogens is 1. The van der Waals surface area contributed by atoms with E-state index in [1.807, 2.05) is 0 Å². The summed E-state index contributed by atoms with van der Waals surface area (Å²) in [5, 5.41) is 6.22. The maximum atomic E-state index is 12.3. The zero-order valence-electron chi connectivity index (χ0n) is 12.2. The lowest BCUT2D eigenvalue weighted by atomic mass is 9.84. The minimum absolute atomic E-state index is 0.0336. The molecule has 1 saturated carbocycles. The normalized spacial score (nSPS) is 14.5. The molecule has 0 aliphatic heterocycles. The fourth-order valence-electron chi connectivity index (χ4n) is 2.21. The Morgan fingerprint density at radius 1 is 1.52 bits per heavy atom. The Morgan fingerprint density at radius 2 is 2.33 bits per heavy atom. The highest BCUT2D eigenvalue weighted by atomic mass is 16.5. The van der Waals surface area contributed by atoms with E-state index in [0.29, 0.717) is 25.4 Å². The molecule has 7 heteroatoms. The lowest BCUT2D eigenvalue weighted by molar-refractivity contribution is -0.140. The van der Waals surface area contributed by atoms with Crippen molar-refractivity contribution in [1.29, 1.82) is 0 Å². The third-order valence-corrected chi connectivity index (χ3v) is 3.58. The zero-order valence-corrected chi connectivity index (χ0v) is 12.2. The van der Waals surface area contributed by atoms with Crippen LogP contribution in [0.15, 0.2) is 16.9 Å². The van der Waals surface area contributed by atoms with Gasteiger partial charge in [0.05, 0.1) is 6.54 Å². The number of nitrogens with zero attached hydrogens (tertiary/aromatic N) is 2. The molecule has 1 aromatic rings. The molecule has 0 bridgehead atoms. The van der Waals surface area contributed by atoms with Crippen LogP contribution in [-0.4, -0.2) is 48.7 Å². The van der Waals surface area contributed by atoms with E-state index >= 15 is 0 Å². The standard InChI is InChI=1S/C14H21N3O4/c1-20-8-3-7-17(14(19)11-4-2-5-11)10-13(18)15-12-6-9-21-16-12/h6,9,11H,2-5,7-8,10H2,1H3,(H,15,16,18). The van der Waals surface area contributed by atoms with E-state index in [0.717, 1.165) is 19.3 Å². The van der Waals surface area contributed by atoms with Crippen LogP contribution in [0.4, 0.5) is 5.82 Å². The average molecular weight is 295 g/mol. The third-order valence-electron chi connectivity index (χ3n) is 3.58. The van der Waals surface area contributed by atoms with Gasteiger partial charge in [0.25, 0.3) is 0 Å². The molecule has 2 rings (SSSR count). The van der Waals surface area contributed by atoms with Crippen LogP contribution in [0.2, 0.25) is 0 Å². The lowest BCUT2D eigenvalue weighted by Gasteiger charge is -2.31. The van der Waals surface area contributed by atoms with Gasteiger partial charge in [-0.2, -0.15) is 0 Å². The van der Waals surface area contributed by atoms with Crippen LogP contribution in [0.3, 0.4) is 0 Å². The maximum Gasteiger partial charge on any atom is 0.245 e. The number of hydrogen-bond acceptors (Lipinski definition) is 5. The van der Waals surface area contributed by atoms with Crippen LogP contribution < -0.4 is 5.32 Å². The van der Waals surface area contributed by atoms with Crippen LogP contribution in [0.25, 0.3) is 0 Å². The van der Waals surface area contributed by atoms with Crippen LogP contribution in [0.1, 0.15) is 25.7 Å². The van der Waals surface area contributed by atoms with Gasteiger partial charge in [0, 0.05) is 32.2 Å². The zero-order chi connectivity index (χ0) is 15.1. The Kier molecular flexibility index (Phi) is 5.74. The van der Waals surface area contributed by atoms with Crippen molar-refractivity contribution in [2.45, 2.75) is 25.7 Å². The number of carbonyl (C=O) groups is 2. The highest BCUT2D eigenvalue weighted by Gasteiger charge is 2.30. The second-order valence-corrected chi connectivity index (χ2v) is 5.17. The SMILES string of the molecule is COCCCN(CC(=O)Nc1ccon1)C(=O)C1CCC1. The fourth-order valence-corrected chi connectivity index (χ4v) is 2.21. The van der Waals surface area contributed by atoms with Gasteiger partial charge in [-0.3, -0.25) is 9.59 Å². The molecular formula is C14H21N3O4. The van der Waals surface area contributed by atoms with Gasteiger partial charge in [0.2, 0.25) is 11.8 Å². The van der Waals surface area contributed by atoms with Gasteiger partial charge in [0.1, 0.15) is 6.26 Å². The van der Waals surface area contributed by atoms with E-state index in [4.69, 9.17) is 4.74 Å². The first kappa shape index (κ1) is 15.5. The first-order valence-electron chi connectivity index (χ1n) is 7.18. The maximum absolute atomic E-state index is 12.3. The number of methoxy groups -OCH3 is 1. The summed E-state index contributed by atoms with van der Waals surface area (Å²) in [7, 11) is 1.62. The van der Waals surface area contributed by atoms with Crippen LogP contribution in [0.5, 0.6) is 0 Å². The molecular weight excluding hydrogens is 274 g/mol. The van der Waals surface area contributed by atoms with Crippen molar-refractivity contribution < 1.29 is 18.8 Å². The van der Waals surface area contributed by atoms with Crippen LogP contribution in [-0.2, 0) is 14.3 Å². The summed E-state index contributed by atoms with van der Waals surface area (Å²) < 4.78 is 9.65. The average Bonchev–Trinajstić information content (AvgIpc) is 2.88. The van der Waals surface area contributed by atoms with Crippen molar-refractivity contribution in [1.82, 2.24) is 10.1 Å². The van der Waals surface area contributed by atoms with Crippen LogP contribution in [0, 0.1) is 5.92 Å². The third kappa shape index (κ3) is 4.56. The molecule has 0 aromatic carbocycles. The highest BCUT2D eigenvalue weighted by Crippen LogP contribution is 2.28. The van der Waals surface area contributed by atoms with E-state index in [2.05, 4.69) is 15.0 Å². The van der Waals surface area contributed by atoms with Gasteiger partial charge in [-0.1, -0.05) is 11.6 Å². The first-order valence-corrected chi connectivity index (χ1v) is 7.18. The minimum atomic E-state index is -0.269. The molecule has 1 aromatic heterocycles. The summed E-state index contributed by atoms with van der Waals surface area (Å²) in [6, 6.07) is 1.56. The van der Waals surface area contributed by atoms with Gasteiger partial charge in [0.15, 0.2) is 5.82 Å². The number of amides is 2. The van der Waals surface area contributed by atoms with Gasteiger partial charge >= 0.3 is 0 Å². The monoisotopic (exact) mass is 295 g/mol. The molecule has 0 radical (unpaired) electrons. The second kappa shape index (κ2) is 7.78. The first-order chi connectivity index (χ1) is 10.2. The molecule has 0 unspecified atom stereocenters. The molecule has 0 spiro atoms. The molecule has 1 aliphatic rings. The molecule has 1 N–H and O–H groups in total. The summed E-state index contributed by atoms with van der Waals surface area (Å²) >= 11 is 0. The molecule has 1 fully saturated rings. The smallest absolute Gasteiger partial charge is 0.245 e. The number of rotatable bonds is 8. The number of hydrogen-bond donors (Lipinski definition) is 1. The highest BCUT2D eigenvalue weighted by molar-refractivity contribution is 5.94. The van der Waals surface area contributed by atoms with Crippen LogP contribution >= 0.6 is 0 Å². The van der Waals surface area contributed by atoms with E-state index < -0.39 is 0 Å². The van der Waals surface area contributed by atoms with E-state index in [1.54, 1.807) is 18.1 Å². The number of anilines is 1. The Bertz CT molecular complexity index is 457. The number of ether oxygens (including phenoxy) is 1. The predicted molar refractivity (Wildman–Crippen MR) is 75.5 cm³/mol. The topological polar surface area (TPSA) is 84.7 Å². The van der Waals surface area contributed by atoms with Gasteiger partial charge in [-0.15, -0.1) is 0 Å². The fraction of sp³-hybridized carbons (Fsp3) is 0.643. The van der Waals surface area contributed by atoms with Crippen molar-refractivity contribution >= 4 is 17.6 Å².